The lowest BCUT2D eigenvalue weighted by Crippen LogP contribution is -2.29. The summed E-state index contributed by atoms with van der Waals surface area (Å²) < 4.78 is 26.7. The van der Waals surface area contributed by atoms with Crippen molar-refractivity contribution in [2.24, 2.45) is 0 Å². The van der Waals surface area contributed by atoms with Crippen LogP contribution >= 0.6 is 11.6 Å². The zero-order valence-electron chi connectivity index (χ0n) is 13.5. The number of rotatable bonds is 5. The highest BCUT2D eigenvalue weighted by molar-refractivity contribution is 7.90. The van der Waals surface area contributed by atoms with Crippen LogP contribution in [-0.4, -0.2) is 25.1 Å². The fraction of sp³-hybridized carbons (Fsp3) is 0.118. The number of halogens is 1. The number of benzene rings is 1. The zero-order chi connectivity index (χ0) is 18.6. The first-order valence-electron chi connectivity index (χ1n) is 7.16. The Bertz CT molecular complexity index is 954. The normalized spacial score (nSPS) is 11.9. The average Bonchev–Trinajstić information content (AvgIpc) is 2.55. The Morgan fingerprint density at radius 3 is 2.32 bits per heavy atom. The molecule has 25 heavy (non-hydrogen) atoms. The molecule has 0 atom stereocenters. The van der Waals surface area contributed by atoms with Gasteiger partial charge in [-0.15, -0.1) is 0 Å². The summed E-state index contributed by atoms with van der Waals surface area (Å²) in [6.07, 6.45) is 4.29. The molecule has 0 aliphatic rings. The molecule has 1 amide bonds. The van der Waals surface area contributed by atoms with Crippen molar-refractivity contribution in [1.29, 1.82) is 0 Å². The van der Waals surface area contributed by atoms with Gasteiger partial charge in [0.05, 0.1) is 5.02 Å². The third-order valence-electron chi connectivity index (χ3n) is 3.35. The summed E-state index contributed by atoms with van der Waals surface area (Å²) in [5.74, 6) is -1.13. The Hall–Kier alpha value is -2.51. The first-order chi connectivity index (χ1) is 11.7. The van der Waals surface area contributed by atoms with E-state index in [2.05, 4.69) is 4.98 Å². The summed E-state index contributed by atoms with van der Waals surface area (Å²) in [7, 11) is -4.21. The number of hydrogen-bond acceptors (Lipinski definition) is 5. The van der Waals surface area contributed by atoms with Crippen LogP contribution < -0.4 is 4.72 Å². The molecule has 2 rings (SSSR count). The van der Waals surface area contributed by atoms with Gasteiger partial charge in [0.15, 0.2) is 5.78 Å². The van der Waals surface area contributed by atoms with E-state index in [1.54, 1.807) is 31.5 Å². The lowest BCUT2D eigenvalue weighted by Gasteiger charge is -2.09. The third kappa shape index (κ3) is 4.74. The van der Waals surface area contributed by atoms with Gasteiger partial charge in [0.2, 0.25) is 0 Å². The van der Waals surface area contributed by atoms with Crippen molar-refractivity contribution in [2.45, 2.75) is 18.7 Å². The minimum Gasteiger partial charge on any atom is -0.295 e. The van der Waals surface area contributed by atoms with E-state index in [4.69, 9.17) is 11.6 Å². The molecular weight excluding hydrogens is 364 g/mol. The standard InChI is InChI=1S/C17H15ClN2O4S/c1-11(13-5-7-19-8-6-13)9-17(22)20-25(23,24)16-10-14(12(2)21)3-4-15(16)18/h3-10H,1-2H3,(H,20,22)/b11-9-. The van der Waals surface area contributed by atoms with Crippen LogP contribution in [0, 0.1) is 0 Å². The second kappa shape index (κ2) is 7.58. The van der Waals surface area contributed by atoms with Gasteiger partial charge < -0.3 is 0 Å². The highest BCUT2D eigenvalue weighted by Crippen LogP contribution is 2.23. The molecule has 0 unspecified atom stereocenters. The van der Waals surface area contributed by atoms with E-state index >= 15 is 0 Å². The Labute approximate surface area is 150 Å². The number of sulfonamides is 1. The van der Waals surface area contributed by atoms with Crippen molar-refractivity contribution in [3.8, 4) is 0 Å². The highest BCUT2D eigenvalue weighted by Gasteiger charge is 2.21. The van der Waals surface area contributed by atoms with Gasteiger partial charge in [-0.2, -0.15) is 0 Å². The summed E-state index contributed by atoms with van der Waals surface area (Å²) in [6.45, 7) is 2.98. The number of aromatic nitrogens is 1. The average molecular weight is 379 g/mol. The number of ketones is 1. The van der Waals surface area contributed by atoms with E-state index in [1.807, 2.05) is 4.72 Å². The van der Waals surface area contributed by atoms with E-state index in [-0.39, 0.29) is 21.3 Å². The van der Waals surface area contributed by atoms with Gasteiger partial charge in [0.1, 0.15) is 4.90 Å². The maximum Gasteiger partial charge on any atom is 0.265 e. The molecular formula is C17H15ClN2O4S. The number of carbonyl (C=O) groups is 2. The van der Waals surface area contributed by atoms with Gasteiger partial charge >= 0.3 is 0 Å². The van der Waals surface area contributed by atoms with E-state index in [0.29, 0.717) is 5.57 Å². The first kappa shape index (κ1) is 18.8. The smallest absolute Gasteiger partial charge is 0.265 e. The first-order valence-corrected chi connectivity index (χ1v) is 9.03. The summed E-state index contributed by atoms with van der Waals surface area (Å²) in [5, 5.41) is -0.0832. The van der Waals surface area contributed by atoms with Gasteiger partial charge in [-0.3, -0.25) is 14.6 Å². The van der Waals surface area contributed by atoms with Gasteiger partial charge in [-0.25, -0.2) is 13.1 Å². The van der Waals surface area contributed by atoms with Crippen molar-refractivity contribution in [1.82, 2.24) is 9.71 Å². The number of allylic oxidation sites excluding steroid dienone is 1. The quantitative estimate of drug-likeness (QED) is 0.637. The zero-order valence-corrected chi connectivity index (χ0v) is 15.1. The van der Waals surface area contributed by atoms with Crippen LogP contribution in [0.5, 0.6) is 0 Å². The predicted octanol–water partition coefficient (Wildman–Crippen LogP) is 2.85. The largest absolute Gasteiger partial charge is 0.295 e. The number of amides is 1. The molecule has 0 saturated heterocycles. The Morgan fingerprint density at radius 1 is 1.08 bits per heavy atom. The van der Waals surface area contributed by atoms with Crippen LogP contribution in [0.1, 0.15) is 29.8 Å². The van der Waals surface area contributed by atoms with Crippen molar-refractivity contribution >= 4 is 38.9 Å². The molecule has 0 saturated carbocycles. The van der Waals surface area contributed by atoms with E-state index < -0.39 is 15.9 Å². The fourth-order valence-electron chi connectivity index (χ4n) is 2.04. The maximum absolute atomic E-state index is 12.4. The molecule has 2 aromatic rings. The molecule has 0 radical (unpaired) electrons. The van der Waals surface area contributed by atoms with Gasteiger partial charge in [0.25, 0.3) is 15.9 Å². The number of Topliss-reactive ketones (excluding diaryl/α,β-unsaturated/α-hetero) is 1. The molecule has 6 nitrogen and oxygen atoms in total. The van der Waals surface area contributed by atoms with Crippen LogP contribution in [0.25, 0.3) is 5.57 Å². The topological polar surface area (TPSA) is 93.2 Å². The molecule has 130 valence electrons. The number of pyridine rings is 1. The number of nitrogens with zero attached hydrogens (tertiary/aromatic N) is 1. The minimum atomic E-state index is -4.21. The minimum absolute atomic E-state index is 0.0832. The second-order valence-corrected chi connectivity index (χ2v) is 7.29. The van der Waals surface area contributed by atoms with Crippen LogP contribution in [0.2, 0.25) is 5.02 Å². The molecule has 1 N–H and O–H groups in total. The van der Waals surface area contributed by atoms with Crippen molar-refractivity contribution in [3.05, 3.63) is 65.0 Å². The lowest BCUT2D eigenvalue weighted by molar-refractivity contribution is -0.114. The molecule has 8 heteroatoms. The molecule has 1 aromatic heterocycles. The van der Waals surface area contributed by atoms with Gasteiger partial charge in [-0.1, -0.05) is 11.6 Å². The van der Waals surface area contributed by atoms with Crippen LogP contribution in [0.4, 0.5) is 0 Å². The predicted molar refractivity (Wildman–Crippen MR) is 94.7 cm³/mol. The Morgan fingerprint density at radius 2 is 1.72 bits per heavy atom. The molecule has 0 bridgehead atoms. The third-order valence-corrected chi connectivity index (χ3v) is 5.17. The number of nitrogens with one attached hydrogen (secondary N) is 1. The Kier molecular flexibility index (Phi) is 5.71. The molecule has 0 spiro atoms. The van der Waals surface area contributed by atoms with Crippen molar-refractivity contribution in [2.75, 3.05) is 0 Å². The van der Waals surface area contributed by atoms with E-state index in [1.165, 1.54) is 19.1 Å². The van der Waals surface area contributed by atoms with E-state index in [9.17, 15) is 18.0 Å². The monoisotopic (exact) mass is 378 g/mol. The number of hydrogen-bond donors (Lipinski definition) is 1. The summed E-state index contributed by atoms with van der Waals surface area (Å²) in [6, 6.07) is 7.25. The lowest BCUT2D eigenvalue weighted by atomic mass is 10.1. The van der Waals surface area contributed by atoms with Crippen molar-refractivity contribution in [3.63, 3.8) is 0 Å². The number of carbonyl (C=O) groups excluding carboxylic acids is 2. The molecule has 0 aliphatic heterocycles. The van der Waals surface area contributed by atoms with Gasteiger partial charge in [0, 0.05) is 24.0 Å². The summed E-state index contributed by atoms with van der Waals surface area (Å²) in [5.41, 5.74) is 1.48. The van der Waals surface area contributed by atoms with E-state index in [0.717, 1.165) is 17.7 Å². The van der Waals surface area contributed by atoms with Crippen molar-refractivity contribution < 1.29 is 18.0 Å². The van der Waals surface area contributed by atoms with Crippen LogP contribution in [-0.2, 0) is 14.8 Å². The fourth-order valence-corrected chi connectivity index (χ4v) is 3.50. The molecule has 0 fully saturated rings. The Balaban J connectivity index is 2.28. The maximum atomic E-state index is 12.4. The van der Waals surface area contributed by atoms with Crippen LogP contribution in [0.3, 0.4) is 0 Å². The molecule has 0 aliphatic carbocycles. The van der Waals surface area contributed by atoms with Gasteiger partial charge in [-0.05, 0) is 55.3 Å². The molecule has 1 aromatic carbocycles. The second-order valence-electron chi connectivity index (χ2n) is 5.23. The highest BCUT2D eigenvalue weighted by atomic mass is 35.5. The summed E-state index contributed by atoms with van der Waals surface area (Å²) in [4.78, 5) is 27.0. The molecule has 1 heterocycles. The van der Waals surface area contributed by atoms with Crippen LogP contribution in [0.15, 0.2) is 53.7 Å². The summed E-state index contributed by atoms with van der Waals surface area (Å²) >= 11 is 5.91. The SMILES string of the molecule is CC(=O)c1ccc(Cl)c(S(=O)(=O)NC(=O)/C=C(/C)c2ccncc2)c1.